The van der Waals surface area contributed by atoms with Crippen LogP contribution in [0.5, 0.6) is 0 Å². The third-order valence-electron chi connectivity index (χ3n) is 3.88. The fourth-order valence-electron chi connectivity index (χ4n) is 2.83. The van der Waals surface area contributed by atoms with Crippen molar-refractivity contribution in [2.24, 2.45) is 0 Å². The largest absolute Gasteiger partial charge is 0.618 e. The first-order chi connectivity index (χ1) is 10.6. The Bertz CT molecular complexity index is 705. The van der Waals surface area contributed by atoms with Crippen LogP contribution in [0, 0.1) is 5.21 Å². The molecule has 4 nitrogen and oxygen atoms in total. The second-order valence-electron chi connectivity index (χ2n) is 5.51. The lowest BCUT2D eigenvalue weighted by atomic mass is 10.1. The molecule has 0 saturated heterocycles. The molecule has 0 radical (unpaired) electrons. The number of hydrogen-bond donors (Lipinski definition) is 0. The van der Waals surface area contributed by atoms with Crippen LogP contribution in [0.15, 0.2) is 53.7 Å². The van der Waals surface area contributed by atoms with Crippen LogP contribution in [0.4, 0.5) is 5.69 Å². The molecule has 0 bridgehead atoms. The van der Waals surface area contributed by atoms with E-state index in [1.54, 1.807) is 12.1 Å². The van der Waals surface area contributed by atoms with E-state index in [9.17, 15) is 10.0 Å². The van der Waals surface area contributed by atoms with Crippen LogP contribution in [0.25, 0.3) is 0 Å². The lowest BCUT2D eigenvalue weighted by Crippen LogP contribution is -2.41. The Hall–Kier alpha value is -2.01. The maximum atomic E-state index is 12.8. The zero-order chi connectivity index (χ0) is 15.7. The number of rotatable bonds is 3. The van der Waals surface area contributed by atoms with Crippen molar-refractivity contribution in [1.82, 2.24) is 0 Å². The number of benzene rings is 1. The number of carbonyl (C=O) groups is 1. The van der Waals surface area contributed by atoms with E-state index in [0.29, 0.717) is 5.03 Å². The molecule has 2 unspecified atom stereocenters. The van der Waals surface area contributed by atoms with Gasteiger partial charge in [0.2, 0.25) is 5.91 Å². The highest BCUT2D eigenvalue weighted by atomic mass is 32.2. The maximum Gasteiger partial charge on any atom is 0.252 e. The van der Waals surface area contributed by atoms with Crippen molar-refractivity contribution in [3.05, 3.63) is 59.4 Å². The van der Waals surface area contributed by atoms with Gasteiger partial charge in [0.1, 0.15) is 0 Å². The highest BCUT2D eigenvalue weighted by Crippen LogP contribution is 2.34. The van der Waals surface area contributed by atoms with E-state index >= 15 is 0 Å². The maximum absolute atomic E-state index is 12.8. The molecule has 1 aromatic carbocycles. The van der Waals surface area contributed by atoms with E-state index in [4.69, 9.17) is 0 Å². The molecule has 0 fully saturated rings. The second kappa shape index (κ2) is 6.01. The Labute approximate surface area is 134 Å². The highest BCUT2D eigenvalue weighted by Gasteiger charge is 2.34. The van der Waals surface area contributed by atoms with Gasteiger partial charge in [-0.25, -0.2) is 0 Å². The number of fused-ring (bicyclic) bond motifs is 1. The summed E-state index contributed by atoms with van der Waals surface area (Å²) in [6, 6.07) is 13.4. The molecule has 0 saturated carbocycles. The molecule has 5 heteroatoms. The van der Waals surface area contributed by atoms with Crippen molar-refractivity contribution in [3.8, 4) is 0 Å². The number of nitrogens with zero attached hydrogens (tertiary/aromatic N) is 2. The van der Waals surface area contributed by atoms with Gasteiger partial charge in [0.05, 0.1) is 5.25 Å². The number of amides is 1. The molecule has 1 aromatic heterocycles. The molecule has 1 amide bonds. The van der Waals surface area contributed by atoms with Gasteiger partial charge >= 0.3 is 0 Å². The molecular weight excluding hydrogens is 296 g/mol. The standard InChI is InChI=1S/C17H18N2O2S/c1-12-11-14-7-3-4-8-15(14)19(12)17(20)13(2)22-16-9-5-6-10-18(16)21/h3-10,12-13H,11H2,1-2H3. The van der Waals surface area contributed by atoms with Crippen LogP contribution in [-0.2, 0) is 11.2 Å². The number of aromatic nitrogens is 1. The lowest BCUT2D eigenvalue weighted by molar-refractivity contribution is -0.645. The monoisotopic (exact) mass is 314 g/mol. The summed E-state index contributed by atoms with van der Waals surface area (Å²) in [4.78, 5) is 14.7. The fraction of sp³-hybridized carbons (Fsp3) is 0.294. The molecular formula is C17H18N2O2S. The summed E-state index contributed by atoms with van der Waals surface area (Å²) in [7, 11) is 0. The van der Waals surface area contributed by atoms with E-state index in [-0.39, 0.29) is 17.2 Å². The minimum Gasteiger partial charge on any atom is -0.618 e. The van der Waals surface area contributed by atoms with Gasteiger partial charge < -0.3 is 10.1 Å². The molecule has 0 aliphatic carbocycles. The van der Waals surface area contributed by atoms with Crippen LogP contribution >= 0.6 is 11.8 Å². The molecule has 114 valence electrons. The Kier molecular flexibility index (Phi) is 4.07. The van der Waals surface area contributed by atoms with Crippen molar-refractivity contribution < 1.29 is 9.52 Å². The lowest BCUT2D eigenvalue weighted by Gasteiger charge is -2.25. The Balaban J connectivity index is 1.81. The van der Waals surface area contributed by atoms with Gasteiger partial charge in [-0.2, -0.15) is 4.73 Å². The van der Waals surface area contributed by atoms with Gasteiger partial charge in [-0.15, -0.1) is 0 Å². The molecule has 3 rings (SSSR count). The summed E-state index contributed by atoms with van der Waals surface area (Å²) in [6.07, 6.45) is 2.33. The zero-order valence-corrected chi connectivity index (χ0v) is 13.4. The molecule has 0 spiro atoms. The summed E-state index contributed by atoms with van der Waals surface area (Å²) >= 11 is 1.30. The average Bonchev–Trinajstić information content (AvgIpc) is 2.84. The minimum absolute atomic E-state index is 0.0475. The van der Waals surface area contributed by atoms with E-state index in [1.807, 2.05) is 36.1 Å². The molecule has 2 atom stereocenters. The normalized spacial score (nSPS) is 18.1. The highest BCUT2D eigenvalue weighted by molar-refractivity contribution is 8.00. The number of carbonyl (C=O) groups excluding carboxylic acids is 1. The number of para-hydroxylation sites is 1. The molecule has 2 aromatic rings. The van der Waals surface area contributed by atoms with E-state index < -0.39 is 0 Å². The van der Waals surface area contributed by atoms with Gasteiger partial charge in [-0.05, 0) is 49.7 Å². The first-order valence-electron chi connectivity index (χ1n) is 7.33. The van der Waals surface area contributed by atoms with Crippen LogP contribution in [0.2, 0.25) is 0 Å². The number of hydrogen-bond acceptors (Lipinski definition) is 3. The first-order valence-corrected chi connectivity index (χ1v) is 8.21. The fourth-order valence-corrected chi connectivity index (χ4v) is 3.73. The van der Waals surface area contributed by atoms with Crippen molar-refractivity contribution >= 4 is 23.4 Å². The summed E-state index contributed by atoms with van der Waals surface area (Å²) in [6.45, 7) is 3.92. The quantitative estimate of drug-likeness (QED) is 0.497. The van der Waals surface area contributed by atoms with Crippen LogP contribution < -0.4 is 9.63 Å². The summed E-state index contributed by atoms with van der Waals surface area (Å²) < 4.78 is 0.801. The Morgan fingerprint density at radius 3 is 2.82 bits per heavy atom. The number of anilines is 1. The van der Waals surface area contributed by atoms with Gasteiger partial charge in [0, 0.05) is 23.9 Å². The van der Waals surface area contributed by atoms with Crippen molar-refractivity contribution in [2.75, 3.05) is 4.90 Å². The Morgan fingerprint density at radius 1 is 1.32 bits per heavy atom. The SMILES string of the molecule is CC(Sc1cccc[n+]1[O-])C(=O)N1c2ccccc2CC1C. The predicted octanol–water partition coefficient (Wildman–Crippen LogP) is 2.78. The topological polar surface area (TPSA) is 47.2 Å². The summed E-state index contributed by atoms with van der Waals surface area (Å²) in [5.74, 6) is 0.0475. The van der Waals surface area contributed by atoms with Crippen molar-refractivity contribution in [1.29, 1.82) is 0 Å². The van der Waals surface area contributed by atoms with Crippen LogP contribution in [0.1, 0.15) is 19.4 Å². The summed E-state index contributed by atoms with van der Waals surface area (Å²) in [5.41, 5.74) is 2.20. The third-order valence-corrected chi connectivity index (χ3v) is 4.99. The average molecular weight is 314 g/mol. The van der Waals surface area contributed by atoms with Crippen molar-refractivity contribution in [2.45, 2.75) is 36.6 Å². The zero-order valence-electron chi connectivity index (χ0n) is 12.6. The van der Waals surface area contributed by atoms with E-state index in [2.05, 4.69) is 13.0 Å². The van der Waals surface area contributed by atoms with Gasteiger partial charge in [-0.3, -0.25) is 4.79 Å². The second-order valence-corrected chi connectivity index (χ2v) is 6.88. The van der Waals surface area contributed by atoms with Crippen LogP contribution in [0.3, 0.4) is 0 Å². The van der Waals surface area contributed by atoms with Gasteiger partial charge in [0.15, 0.2) is 6.20 Å². The first kappa shape index (κ1) is 14.9. The molecule has 2 heterocycles. The number of thioether (sulfide) groups is 1. The molecule has 1 aliphatic rings. The summed E-state index contributed by atoms with van der Waals surface area (Å²) in [5, 5.41) is 12.0. The van der Waals surface area contributed by atoms with Gasteiger partial charge in [0.25, 0.3) is 5.03 Å². The minimum atomic E-state index is -0.309. The molecule has 22 heavy (non-hydrogen) atoms. The van der Waals surface area contributed by atoms with Gasteiger partial charge in [-0.1, -0.05) is 18.2 Å². The van der Waals surface area contributed by atoms with E-state index in [1.165, 1.54) is 23.5 Å². The molecule has 0 N–H and O–H groups in total. The Morgan fingerprint density at radius 2 is 2.05 bits per heavy atom. The van der Waals surface area contributed by atoms with Crippen molar-refractivity contribution in [3.63, 3.8) is 0 Å². The third kappa shape index (κ3) is 2.68. The predicted molar refractivity (Wildman–Crippen MR) is 87.8 cm³/mol. The van der Waals surface area contributed by atoms with E-state index in [0.717, 1.165) is 16.8 Å². The molecule has 1 aliphatic heterocycles. The number of pyridine rings is 1. The van der Waals surface area contributed by atoms with Crippen LogP contribution in [-0.4, -0.2) is 17.2 Å². The smallest absolute Gasteiger partial charge is 0.252 e.